The molecule has 2 aromatic rings. The molecule has 2 fully saturated rings. The van der Waals surface area contributed by atoms with Gasteiger partial charge in [0.05, 0.1) is 11.7 Å². The minimum absolute atomic E-state index is 0.0493. The molecule has 0 spiro atoms. The minimum atomic E-state index is -0.173. The Bertz CT molecular complexity index is 908. The first kappa shape index (κ1) is 19.9. The second kappa shape index (κ2) is 8.95. The first-order valence-electron chi connectivity index (χ1n) is 10.2. The molecule has 1 atom stereocenters. The molecule has 1 unspecified atom stereocenters. The maximum atomic E-state index is 13.0. The molecule has 4 rings (SSSR count). The molecule has 2 N–H and O–H groups in total. The number of carbonyl (C=O) groups is 1. The van der Waals surface area contributed by atoms with Crippen molar-refractivity contribution in [3.05, 3.63) is 58.7 Å². The Labute approximate surface area is 176 Å². The Hall–Kier alpha value is -2.41. The fourth-order valence-electron chi connectivity index (χ4n) is 3.31. The minimum Gasteiger partial charge on any atom is -0.364 e. The number of aryl methyl sites for hydroxylation is 1. The van der Waals surface area contributed by atoms with Crippen LogP contribution in [0, 0.1) is 12.8 Å². The number of nitrogens with one attached hydrogen (secondary N) is 2. The molecular formula is C22H27N5OS. The van der Waals surface area contributed by atoms with Crippen molar-refractivity contribution >= 4 is 23.5 Å². The van der Waals surface area contributed by atoms with Gasteiger partial charge in [0.1, 0.15) is 0 Å². The molecule has 2 heterocycles. The number of amides is 1. The first-order chi connectivity index (χ1) is 14.2. The van der Waals surface area contributed by atoms with E-state index in [1.54, 1.807) is 24.2 Å². The maximum Gasteiger partial charge on any atom is 0.274 e. The highest BCUT2D eigenvalue weighted by molar-refractivity contribution is 8.01. The SMILES string of the molecule is CS/C=C/C(NC(=O)c1ncc(C2CC2)nc1NCc1cccnc1C)C1CC1. The van der Waals surface area contributed by atoms with E-state index in [0.717, 1.165) is 42.6 Å². The Kier molecular flexibility index (Phi) is 6.13. The Morgan fingerprint density at radius 3 is 2.83 bits per heavy atom. The molecule has 2 aliphatic carbocycles. The zero-order valence-corrected chi connectivity index (χ0v) is 17.7. The summed E-state index contributed by atoms with van der Waals surface area (Å²) >= 11 is 1.64. The Morgan fingerprint density at radius 1 is 1.31 bits per heavy atom. The zero-order chi connectivity index (χ0) is 20.2. The maximum absolute atomic E-state index is 13.0. The molecule has 1 amide bonds. The summed E-state index contributed by atoms with van der Waals surface area (Å²) in [5, 5.41) is 8.53. The highest BCUT2D eigenvalue weighted by Gasteiger charge is 2.32. The summed E-state index contributed by atoms with van der Waals surface area (Å²) in [7, 11) is 0. The summed E-state index contributed by atoms with van der Waals surface area (Å²) in [6, 6.07) is 4.00. The average Bonchev–Trinajstić information content (AvgIpc) is 3.63. The van der Waals surface area contributed by atoms with E-state index in [4.69, 9.17) is 4.98 Å². The van der Waals surface area contributed by atoms with Gasteiger partial charge in [0.2, 0.25) is 0 Å². The molecule has 2 aromatic heterocycles. The predicted molar refractivity (Wildman–Crippen MR) is 117 cm³/mol. The summed E-state index contributed by atoms with van der Waals surface area (Å²) in [6.45, 7) is 2.54. The lowest BCUT2D eigenvalue weighted by Gasteiger charge is -2.16. The second-order valence-electron chi connectivity index (χ2n) is 7.77. The van der Waals surface area contributed by atoms with Crippen LogP contribution >= 0.6 is 11.8 Å². The fraction of sp³-hybridized carbons (Fsp3) is 0.455. The van der Waals surface area contributed by atoms with Crippen LogP contribution in [0.5, 0.6) is 0 Å². The van der Waals surface area contributed by atoms with Crippen molar-refractivity contribution in [3.8, 4) is 0 Å². The van der Waals surface area contributed by atoms with Gasteiger partial charge in [-0.25, -0.2) is 9.97 Å². The molecule has 2 aliphatic rings. The third kappa shape index (κ3) is 5.15. The summed E-state index contributed by atoms with van der Waals surface area (Å²) in [4.78, 5) is 26.6. The van der Waals surface area contributed by atoms with E-state index >= 15 is 0 Å². The Balaban J connectivity index is 1.54. The standard InChI is InChI=1S/C22H27N5OS/c1-14-17(4-3-10-23-14)12-25-21-20(24-13-19(26-21)16-7-8-16)22(28)27-18(9-11-29-2)15-5-6-15/h3-4,9-11,13,15-16,18H,5-8,12H2,1-2H3,(H,25,26)(H,27,28)/b11-9+. The molecule has 0 bridgehead atoms. The van der Waals surface area contributed by atoms with Crippen LogP contribution < -0.4 is 10.6 Å². The van der Waals surface area contributed by atoms with E-state index in [9.17, 15) is 4.79 Å². The van der Waals surface area contributed by atoms with Crippen molar-refractivity contribution in [3.63, 3.8) is 0 Å². The van der Waals surface area contributed by atoms with Crippen LogP contribution in [0.3, 0.4) is 0 Å². The smallest absolute Gasteiger partial charge is 0.274 e. The Morgan fingerprint density at radius 2 is 2.14 bits per heavy atom. The molecule has 29 heavy (non-hydrogen) atoms. The molecule has 6 nitrogen and oxygen atoms in total. The highest BCUT2D eigenvalue weighted by atomic mass is 32.2. The quantitative estimate of drug-likeness (QED) is 0.650. The van der Waals surface area contributed by atoms with Gasteiger partial charge < -0.3 is 10.6 Å². The number of anilines is 1. The third-order valence-corrected chi connectivity index (χ3v) is 5.84. The van der Waals surface area contributed by atoms with E-state index < -0.39 is 0 Å². The number of rotatable bonds is 9. The van der Waals surface area contributed by atoms with Gasteiger partial charge in [-0.3, -0.25) is 9.78 Å². The van der Waals surface area contributed by atoms with Crippen LogP contribution in [0.2, 0.25) is 0 Å². The molecule has 7 heteroatoms. The van der Waals surface area contributed by atoms with Crippen LogP contribution in [-0.4, -0.2) is 33.2 Å². The number of hydrogen-bond acceptors (Lipinski definition) is 6. The molecule has 0 aliphatic heterocycles. The third-order valence-electron chi connectivity index (χ3n) is 5.41. The number of carbonyl (C=O) groups excluding carboxylic acids is 1. The fourth-order valence-corrected chi connectivity index (χ4v) is 3.64. The van der Waals surface area contributed by atoms with E-state index in [0.29, 0.717) is 29.9 Å². The van der Waals surface area contributed by atoms with E-state index in [1.807, 2.05) is 30.7 Å². The van der Waals surface area contributed by atoms with Crippen LogP contribution in [0.4, 0.5) is 5.82 Å². The number of thioether (sulfide) groups is 1. The van der Waals surface area contributed by atoms with E-state index in [1.165, 1.54) is 0 Å². The lowest BCUT2D eigenvalue weighted by atomic mass is 10.1. The number of hydrogen-bond donors (Lipinski definition) is 2. The van der Waals surface area contributed by atoms with Crippen molar-refractivity contribution < 1.29 is 4.79 Å². The summed E-state index contributed by atoms with van der Waals surface area (Å²) in [5.41, 5.74) is 3.37. The molecule has 2 saturated carbocycles. The van der Waals surface area contributed by atoms with Gasteiger partial charge in [-0.2, -0.15) is 0 Å². The van der Waals surface area contributed by atoms with E-state index in [-0.39, 0.29) is 11.9 Å². The lowest BCUT2D eigenvalue weighted by molar-refractivity contribution is 0.0936. The van der Waals surface area contributed by atoms with Crippen LogP contribution in [0.15, 0.2) is 36.0 Å². The van der Waals surface area contributed by atoms with Gasteiger partial charge in [-0.05, 0) is 61.8 Å². The number of nitrogens with zero attached hydrogens (tertiary/aromatic N) is 3. The van der Waals surface area contributed by atoms with Gasteiger partial charge in [0, 0.05) is 30.6 Å². The van der Waals surface area contributed by atoms with Crippen LogP contribution in [0.25, 0.3) is 0 Å². The molecule has 0 aromatic carbocycles. The number of aromatic nitrogens is 3. The van der Waals surface area contributed by atoms with Gasteiger partial charge in [-0.15, -0.1) is 11.8 Å². The average molecular weight is 410 g/mol. The van der Waals surface area contributed by atoms with Crippen LogP contribution in [-0.2, 0) is 6.54 Å². The van der Waals surface area contributed by atoms with Crippen molar-refractivity contribution in [2.45, 2.75) is 51.1 Å². The number of pyridine rings is 1. The van der Waals surface area contributed by atoms with Gasteiger partial charge in [0.15, 0.2) is 11.5 Å². The monoisotopic (exact) mass is 409 g/mol. The normalized spacial score (nSPS) is 17.3. The van der Waals surface area contributed by atoms with Gasteiger partial charge in [-0.1, -0.05) is 12.1 Å². The molecule has 0 radical (unpaired) electrons. The summed E-state index contributed by atoms with van der Waals surface area (Å²) in [6.07, 6.45) is 12.2. The van der Waals surface area contributed by atoms with Crippen LogP contribution in [0.1, 0.15) is 59.0 Å². The summed E-state index contributed by atoms with van der Waals surface area (Å²) in [5.74, 6) is 1.38. The van der Waals surface area contributed by atoms with E-state index in [2.05, 4.69) is 26.7 Å². The van der Waals surface area contributed by atoms with Crippen molar-refractivity contribution in [2.24, 2.45) is 5.92 Å². The predicted octanol–water partition coefficient (Wildman–Crippen LogP) is 4.05. The lowest BCUT2D eigenvalue weighted by Crippen LogP contribution is -2.36. The molecule has 152 valence electrons. The molecular weight excluding hydrogens is 382 g/mol. The topological polar surface area (TPSA) is 79.8 Å². The largest absolute Gasteiger partial charge is 0.364 e. The first-order valence-corrected chi connectivity index (χ1v) is 11.5. The van der Waals surface area contributed by atoms with Crippen molar-refractivity contribution in [2.75, 3.05) is 11.6 Å². The zero-order valence-electron chi connectivity index (χ0n) is 16.9. The van der Waals surface area contributed by atoms with Crippen molar-refractivity contribution in [1.82, 2.24) is 20.3 Å². The molecule has 0 saturated heterocycles. The highest BCUT2D eigenvalue weighted by Crippen LogP contribution is 2.39. The van der Waals surface area contributed by atoms with Gasteiger partial charge in [0.25, 0.3) is 5.91 Å². The van der Waals surface area contributed by atoms with Crippen molar-refractivity contribution in [1.29, 1.82) is 0 Å². The van der Waals surface area contributed by atoms with Gasteiger partial charge >= 0.3 is 0 Å². The second-order valence-corrected chi connectivity index (χ2v) is 8.51. The summed E-state index contributed by atoms with van der Waals surface area (Å²) < 4.78 is 0.